The molecule has 1 aromatic carbocycles. The van der Waals surface area contributed by atoms with Crippen molar-refractivity contribution in [3.05, 3.63) is 34.9 Å². The van der Waals surface area contributed by atoms with E-state index in [9.17, 15) is 22.0 Å². The van der Waals surface area contributed by atoms with Gasteiger partial charge in [-0.2, -0.15) is 13.2 Å². The first-order chi connectivity index (χ1) is 12.8. The highest BCUT2D eigenvalue weighted by Crippen LogP contribution is 2.45. The molecule has 0 unspecified atom stereocenters. The number of halogens is 5. The third-order valence-electron chi connectivity index (χ3n) is 6.88. The molecule has 5 heteroatoms. The summed E-state index contributed by atoms with van der Waals surface area (Å²) in [6.45, 7) is 2.23. The van der Waals surface area contributed by atoms with E-state index in [4.69, 9.17) is 0 Å². The van der Waals surface area contributed by atoms with Gasteiger partial charge in [0, 0.05) is 0 Å². The Morgan fingerprint density at radius 2 is 1.37 bits per heavy atom. The van der Waals surface area contributed by atoms with Gasteiger partial charge in [-0.1, -0.05) is 38.7 Å². The van der Waals surface area contributed by atoms with E-state index in [-0.39, 0.29) is 11.5 Å². The van der Waals surface area contributed by atoms with Crippen molar-refractivity contribution in [2.24, 2.45) is 17.8 Å². The Labute approximate surface area is 158 Å². The molecule has 2 fully saturated rings. The molecule has 0 heterocycles. The van der Waals surface area contributed by atoms with Gasteiger partial charge in [0.05, 0.1) is 5.56 Å². The van der Waals surface area contributed by atoms with Crippen molar-refractivity contribution in [1.29, 1.82) is 0 Å². The fourth-order valence-corrected chi connectivity index (χ4v) is 5.36. The van der Waals surface area contributed by atoms with E-state index >= 15 is 0 Å². The summed E-state index contributed by atoms with van der Waals surface area (Å²) in [5.74, 6) is -1.01. The Morgan fingerprint density at radius 1 is 0.815 bits per heavy atom. The van der Waals surface area contributed by atoms with Crippen LogP contribution in [0.25, 0.3) is 0 Å². The summed E-state index contributed by atoms with van der Waals surface area (Å²) in [7, 11) is 0. The zero-order chi connectivity index (χ0) is 19.6. The second-order valence-corrected chi connectivity index (χ2v) is 8.51. The van der Waals surface area contributed by atoms with Crippen LogP contribution in [0.15, 0.2) is 12.1 Å². The van der Waals surface area contributed by atoms with Gasteiger partial charge in [-0.15, -0.1) is 0 Å². The zero-order valence-corrected chi connectivity index (χ0v) is 15.9. The van der Waals surface area contributed by atoms with Crippen LogP contribution in [-0.4, -0.2) is 0 Å². The first kappa shape index (κ1) is 20.6. The molecule has 0 bridgehead atoms. The van der Waals surface area contributed by atoms with Gasteiger partial charge in [0.25, 0.3) is 0 Å². The molecule has 152 valence electrons. The van der Waals surface area contributed by atoms with Gasteiger partial charge in [-0.05, 0) is 73.8 Å². The molecule has 0 spiro atoms. The lowest BCUT2D eigenvalue weighted by Gasteiger charge is -2.38. The normalized spacial score (nSPS) is 29.7. The molecular formula is C22H29F5. The van der Waals surface area contributed by atoms with Crippen molar-refractivity contribution in [2.45, 2.75) is 83.2 Å². The Hall–Kier alpha value is -1.13. The maximum Gasteiger partial charge on any atom is 0.419 e. The van der Waals surface area contributed by atoms with Gasteiger partial charge in [-0.3, -0.25) is 0 Å². The maximum atomic E-state index is 14.3. The van der Waals surface area contributed by atoms with E-state index in [0.717, 1.165) is 43.6 Å². The molecule has 0 amide bonds. The average molecular weight is 388 g/mol. The predicted molar refractivity (Wildman–Crippen MR) is 96.4 cm³/mol. The van der Waals surface area contributed by atoms with Gasteiger partial charge in [0.1, 0.15) is 0 Å². The molecule has 0 aliphatic heterocycles. The maximum absolute atomic E-state index is 14.3. The molecule has 0 atom stereocenters. The van der Waals surface area contributed by atoms with Crippen LogP contribution in [0.2, 0.25) is 0 Å². The molecule has 0 N–H and O–H groups in total. The van der Waals surface area contributed by atoms with E-state index in [1.165, 1.54) is 38.5 Å². The minimum Gasteiger partial charge on any atom is -0.203 e. The van der Waals surface area contributed by atoms with E-state index < -0.39 is 23.4 Å². The SMILES string of the molecule is CCCC1CCC(C2CCC(c3ccc(C(F)(F)F)c(F)c3F)CC2)CC1. The Morgan fingerprint density at radius 3 is 1.89 bits per heavy atom. The second-order valence-electron chi connectivity index (χ2n) is 8.51. The van der Waals surface area contributed by atoms with E-state index in [1.54, 1.807) is 0 Å². The lowest BCUT2D eigenvalue weighted by Crippen LogP contribution is -2.25. The molecular weight excluding hydrogens is 359 g/mol. The van der Waals surface area contributed by atoms with Gasteiger partial charge in [0.15, 0.2) is 11.6 Å². The summed E-state index contributed by atoms with van der Waals surface area (Å²) in [5, 5.41) is 0. The standard InChI is InChI=1S/C22H29F5/c1-2-3-14-4-6-15(7-5-14)16-8-10-17(11-9-16)18-12-13-19(22(25,26)27)21(24)20(18)23/h12-17H,2-11H2,1H3. The predicted octanol–water partition coefficient (Wildman–Crippen LogP) is 7.86. The Bertz CT molecular complexity index is 620. The fourth-order valence-electron chi connectivity index (χ4n) is 5.36. The highest BCUT2D eigenvalue weighted by Gasteiger charge is 2.37. The minimum atomic E-state index is -4.86. The monoisotopic (exact) mass is 388 g/mol. The Kier molecular flexibility index (Phi) is 6.47. The van der Waals surface area contributed by atoms with E-state index in [2.05, 4.69) is 6.92 Å². The first-order valence-corrected chi connectivity index (χ1v) is 10.4. The molecule has 0 aromatic heterocycles. The Balaban J connectivity index is 1.59. The van der Waals surface area contributed by atoms with Crippen molar-refractivity contribution < 1.29 is 22.0 Å². The van der Waals surface area contributed by atoms with Gasteiger partial charge >= 0.3 is 6.18 Å². The summed E-state index contributed by atoms with van der Waals surface area (Å²) < 4.78 is 66.3. The van der Waals surface area contributed by atoms with Crippen LogP contribution in [0.4, 0.5) is 22.0 Å². The molecule has 3 rings (SSSR count). The molecule has 2 saturated carbocycles. The first-order valence-electron chi connectivity index (χ1n) is 10.4. The van der Waals surface area contributed by atoms with Crippen molar-refractivity contribution in [1.82, 2.24) is 0 Å². The number of hydrogen-bond donors (Lipinski definition) is 0. The molecule has 27 heavy (non-hydrogen) atoms. The summed E-state index contributed by atoms with van der Waals surface area (Å²) >= 11 is 0. The smallest absolute Gasteiger partial charge is 0.203 e. The van der Waals surface area contributed by atoms with Crippen LogP contribution >= 0.6 is 0 Å². The lowest BCUT2D eigenvalue weighted by atomic mass is 9.68. The van der Waals surface area contributed by atoms with Gasteiger partial charge in [-0.25, -0.2) is 8.78 Å². The summed E-state index contributed by atoms with van der Waals surface area (Å²) in [5.41, 5.74) is -1.40. The molecule has 0 radical (unpaired) electrons. The second kappa shape index (κ2) is 8.48. The molecule has 0 nitrogen and oxygen atoms in total. The topological polar surface area (TPSA) is 0 Å². The quantitative estimate of drug-likeness (QED) is 0.461. The van der Waals surface area contributed by atoms with Crippen LogP contribution in [0.5, 0.6) is 0 Å². The van der Waals surface area contributed by atoms with E-state index in [0.29, 0.717) is 12.0 Å². The van der Waals surface area contributed by atoms with Crippen LogP contribution in [0.3, 0.4) is 0 Å². The fraction of sp³-hybridized carbons (Fsp3) is 0.727. The van der Waals surface area contributed by atoms with Crippen molar-refractivity contribution >= 4 is 0 Å². The van der Waals surface area contributed by atoms with Crippen molar-refractivity contribution in [3.63, 3.8) is 0 Å². The van der Waals surface area contributed by atoms with Crippen molar-refractivity contribution in [2.75, 3.05) is 0 Å². The molecule has 2 aliphatic carbocycles. The van der Waals surface area contributed by atoms with Gasteiger partial charge in [0.2, 0.25) is 0 Å². The number of benzene rings is 1. The summed E-state index contributed by atoms with van der Waals surface area (Å²) in [6, 6.07) is 1.83. The highest BCUT2D eigenvalue weighted by molar-refractivity contribution is 5.31. The van der Waals surface area contributed by atoms with Crippen LogP contribution in [0.1, 0.15) is 88.2 Å². The molecule has 2 aliphatic rings. The minimum absolute atomic E-state index is 0.116. The van der Waals surface area contributed by atoms with Crippen LogP contribution in [-0.2, 0) is 6.18 Å². The third-order valence-corrected chi connectivity index (χ3v) is 6.88. The lowest BCUT2D eigenvalue weighted by molar-refractivity contribution is -0.140. The summed E-state index contributed by atoms with van der Waals surface area (Å²) in [6.07, 6.45) is 6.25. The van der Waals surface area contributed by atoms with Crippen LogP contribution < -0.4 is 0 Å². The largest absolute Gasteiger partial charge is 0.419 e. The highest BCUT2D eigenvalue weighted by atomic mass is 19.4. The summed E-state index contributed by atoms with van der Waals surface area (Å²) in [4.78, 5) is 0. The number of hydrogen-bond acceptors (Lipinski definition) is 0. The van der Waals surface area contributed by atoms with Crippen LogP contribution in [0, 0.1) is 29.4 Å². The average Bonchev–Trinajstić information content (AvgIpc) is 2.64. The number of alkyl halides is 3. The van der Waals surface area contributed by atoms with E-state index in [1.807, 2.05) is 0 Å². The van der Waals surface area contributed by atoms with Crippen molar-refractivity contribution in [3.8, 4) is 0 Å². The number of rotatable bonds is 4. The van der Waals surface area contributed by atoms with Gasteiger partial charge < -0.3 is 0 Å². The molecule has 0 saturated heterocycles. The molecule has 1 aromatic rings. The zero-order valence-electron chi connectivity index (χ0n) is 15.9. The third kappa shape index (κ3) is 4.65.